The number of carbonyl (C=O) groups excluding carboxylic acids is 1. The van der Waals surface area contributed by atoms with Crippen LogP contribution in [-0.4, -0.2) is 23.2 Å². The molecule has 3 rings (SSSR count). The van der Waals surface area contributed by atoms with Crippen LogP contribution in [0.25, 0.3) is 10.8 Å². The highest BCUT2D eigenvalue weighted by atomic mass is 79.9. The molecule has 0 unspecified atom stereocenters. The Morgan fingerprint density at radius 3 is 3.00 bits per heavy atom. The summed E-state index contributed by atoms with van der Waals surface area (Å²) in [6.45, 7) is 0.149. The van der Waals surface area contributed by atoms with Gasteiger partial charge in [0, 0.05) is 4.47 Å². The Morgan fingerprint density at radius 2 is 2.26 bits per heavy atom. The fraction of sp³-hybridized carbons (Fsp3) is 0.133. The lowest BCUT2D eigenvalue weighted by Gasteiger charge is -2.08. The van der Waals surface area contributed by atoms with Crippen molar-refractivity contribution >= 4 is 33.2 Å². The normalized spacial score (nSPS) is 10.5. The number of benzene rings is 1. The molecule has 0 fully saturated rings. The number of nitrogens with zero attached hydrogens (tertiary/aromatic N) is 2. The zero-order chi connectivity index (χ0) is 16.2. The summed E-state index contributed by atoms with van der Waals surface area (Å²) in [7, 11) is 1.52. The first-order valence-electron chi connectivity index (χ1n) is 6.65. The molecule has 0 atom stereocenters. The van der Waals surface area contributed by atoms with Gasteiger partial charge in [-0.1, -0.05) is 22.0 Å². The Balaban J connectivity index is 1.68. The highest BCUT2D eigenvalue weighted by molar-refractivity contribution is 9.10. The first-order valence-corrected chi connectivity index (χ1v) is 8.32. The number of thiophene rings is 1. The van der Waals surface area contributed by atoms with Gasteiger partial charge in [-0.2, -0.15) is 0 Å². The van der Waals surface area contributed by atoms with E-state index in [9.17, 15) is 4.79 Å². The number of aromatic nitrogens is 2. The maximum Gasteiger partial charge on any atom is 0.257 e. The molecular formula is C15H12BrN3O3S. The number of hydrogen-bond donors (Lipinski definition) is 1. The van der Waals surface area contributed by atoms with Crippen LogP contribution in [0.5, 0.6) is 5.75 Å². The van der Waals surface area contributed by atoms with Crippen molar-refractivity contribution in [2.45, 2.75) is 6.54 Å². The monoisotopic (exact) mass is 393 g/mol. The summed E-state index contributed by atoms with van der Waals surface area (Å²) in [4.78, 5) is 13.1. The molecule has 118 valence electrons. The van der Waals surface area contributed by atoms with Gasteiger partial charge < -0.3 is 14.5 Å². The fourth-order valence-electron chi connectivity index (χ4n) is 1.93. The number of methoxy groups -OCH3 is 1. The minimum Gasteiger partial charge on any atom is -0.496 e. The van der Waals surface area contributed by atoms with Crippen molar-refractivity contribution in [1.29, 1.82) is 0 Å². The molecule has 1 amide bonds. The minimum absolute atomic E-state index is 0.149. The average molecular weight is 394 g/mol. The number of rotatable bonds is 5. The molecule has 0 spiro atoms. The molecule has 6 nitrogen and oxygen atoms in total. The van der Waals surface area contributed by atoms with E-state index in [-0.39, 0.29) is 12.5 Å². The van der Waals surface area contributed by atoms with Gasteiger partial charge >= 0.3 is 0 Å². The lowest BCUT2D eigenvalue weighted by Crippen LogP contribution is -2.23. The second-order valence-corrected chi connectivity index (χ2v) is 6.37. The molecule has 23 heavy (non-hydrogen) atoms. The van der Waals surface area contributed by atoms with E-state index in [2.05, 4.69) is 31.4 Å². The Bertz CT molecular complexity index is 817. The number of carbonyl (C=O) groups is 1. The smallest absolute Gasteiger partial charge is 0.257 e. The van der Waals surface area contributed by atoms with Gasteiger partial charge in [-0.05, 0) is 29.6 Å². The van der Waals surface area contributed by atoms with Crippen LogP contribution in [-0.2, 0) is 6.54 Å². The highest BCUT2D eigenvalue weighted by Crippen LogP contribution is 2.24. The van der Waals surface area contributed by atoms with Crippen LogP contribution in [0.2, 0.25) is 0 Å². The molecule has 3 aromatic rings. The quantitative estimate of drug-likeness (QED) is 0.717. The van der Waals surface area contributed by atoms with Gasteiger partial charge in [0.15, 0.2) is 0 Å². The van der Waals surface area contributed by atoms with Crippen LogP contribution < -0.4 is 10.1 Å². The van der Waals surface area contributed by atoms with Gasteiger partial charge in [0.2, 0.25) is 5.89 Å². The molecule has 2 aromatic heterocycles. The summed E-state index contributed by atoms with van der Waals surface area (Å²) in [6.07, 6.45) is 0. The predicted octanol–water partition coefficient (Wildman–Crippen LogP) is 3.50. The van der Waals surface area contributed by atoms with Crippen LogP contribution in [0.1, 0.15) is 16.2 Å². The maximum atomic E-state index is 12.3. The number of amides is 1. The molecule has 0 saturated heterocycles. The first-order chi connectivity index (χ1) is 11.2. The van der Waals surface area contributed by atoms with E-state index in [4.69, 9.17) is 9.15 Å². The zero-order valence-corrected chi connectivity index (χ0v) is 14.5. The predicted molar refractivity (Wildman–Crippen MR) is 89.5 cm³/mol. The molecule has 0 radical (unpaired) electrons. The molecule has 0 aliphatic rings. The van der Waals surface area contributed by atoms with E-state index in [1.807, 2.05) is 17.5 Å². The summed E-state index contributed by atoms with van der Waals surface area (Å²) in [5, 5.41) is 12.6. The van der Waals surface area contributed by atoms with Crippen molar-refractivity contribution < 1.29 is 13.9 Å². The molecule has 0 aliphatic carbocycles. The molecule has 0 saturated carbocycles. The summed E-state index contributed by atoms with van der Waals surface area (Å²) in [5.41, 5.74) is 0.439. The summed E-state index contributed by atoms with van der Waals surface area (Å²) < 4.78 is 11.6. The maximum absolute atomic E-state index is 12.3. The topological polar surface area (TPSA) is 77.2 Å². The van der Waals surface area contributed by atoms with Gasteiger partial charge in [0.05, 0.1) is 24.1 Å². The van der Waals surface area contributed by atoms with Gasteiger partial charge in [-0.3, -0.25) is 4.79 Å². The van der Waals surface area contributed by atoms with E-state index in [0.29, 0.717) is 23.1 Å². The molecule has 8 heteroatoms. The second-order valence-electron chi connectivity index (χ2n) is 4.51. The highest BCUT2D eigenvalue weighted by Gasteiger charge is 2.14. The van der Waals surface area contributed by atoms with Crippen molar-refractivity contribution in [2.24, 2.45) is 0 Å². The van der Waals surface area contributed by atoms with Crippen LogP contribution in [0.3, 0.4) is 0 Å². The Kier molecular flexibility index (Phi) is 4.73. The summed E-state index contributed by atoms with van der Waals surface area (Å²) >= 11 is 4.85. The van der Waals surface area contributed by atoms with E-state index in [1.165, 1.54) is 18.4 Å². The second kappa shape index (κ2) is 6.93. The standard InChI is InChI=1S/C15H12BrN3O3S/c1-21-11-7-9(16)4-5-10(11)14(20)17-8-13-18-19-15(22-13)12-3-2-6-23-12/h2-7H,8H2,1H3,(H,17,20). The van der Waals surface area contributed by atoms with E-state index < -0.39 is 0 Å². The van der Waals surface area contributed by atoms with Crippen molar-refractivity contribution in [3.63, 3.8) is 0 Å². The van der Waals surface area contributed by atoms with Gasteiger partial charge in [0.1, 0.15) is 5.75 Å². The number of halogens is 1. The van der Waals surface area contributed by atoms with Crippen LogP contribution >= 0.6 is 27.3 Å². The van der Waals surface area contributed by atoms with Crippen LogP contribution in [0.15, 0.2) is 44.6 Å². The SMILES string of the molecule is COc1cc(Br)ccc1C(=O)NCc1nnc(-c2cccs2)o1. The molecule has 0 aliphatic heterocycles. The number of nitrogens with one attached hydrogen (secondary N) is 1. The van der Waals surface area contributed by atoms with Gasteiger partial charge in [-0.25, -0.2) is 0 Å². The van der Waals surface area contributed by atoms with E-state index in [0.717, 1.165) is 9.35 Å². The Hall–Kier alpha value is -2.19. The van der Waals surface area contributed by atoms with E-state index in [1.54, 1.807) is 18.2 Å². The average Bonchev–Trinajstić information content (AvgIpc) is 3.23. The lowest BCUT2D eigenvalue weighted by molar-refractivity contribution is 0.0944. The van der Waals surface area contributed by atoms with Crippen molar-refractivity contribution in [3.05, 3.63) is 51.6 Å². The van der Waals surface area contributed by atoms with Crippen molar-refractivity contribution in [2.75, 3.05) is 7.11 Å². The lowest BCUT2D eigenvalue weighted by atomic mass is 10.2. The molecular weight excluding hydrogens is 382 g/mol. The molecule has 0 bridgehead atoms. The van der Waals surface area contributed by atoms with Crippen molar-refractivity contribution in [1.82, 2.24) is 15.5 Å². The van der Waals surface area contributed by atoms with Crippen LogP contribution in [0.4, 0.5) is 0 Å². The number of hydrogen-bond acceptors (Lipinski definition) is 6. The number of ether oxygens (including phenoxy) is 1. The molecule has 1 aromatic carbocycles. The fourth-order valence-corrected chi connectivity index (χ4v) is 2.91. The van der Waals surface area contributed by atoms with Crippen molar-refractivity contribution in [3.8, 4) is 16.5 Å². The van der Waals surface area contributed by atoms with Gasteiger partial charge in [0.25, 0.3) is 11.8 Å². The third kappa shape index (κ3) is 3.59. The van der Waals surface area contributed by atoms with Crippen LogP contribution in [0, 0.1) is 0 Å². The largest absolute Gasteiger partial charge is 0.496 e. The minimum atomic E-state index is -0.273. The Labute approximate surface area is 144 Å². The van der Waals surface area contributed by atoms with E-state index >= 15 is 0 Å². The first kappa shape index (κ1) is 15.7. The molecule has 2 heterocycles. The zero-order valence-electron chi connectivity index (χ0n) is 12.1. The molecule has 1 N–H and O–H groups in total. The third-order valence-electron chi connectivity index (χ3n) is 3.01. The third-order valence-corrected chi connectivity index (χ3v) is 4.36. The van der Waals surface area contributed by atoms with Gasteiger partial charge in [-0.15, -0.1) is 21.5 Å². The summed E-state index contributed by atoms with van der Waals surface area (Å²) in [6, 6.07) is 9.00. The summed E-state index contributed by atoms with van der Waals surface area (Å²) in [5.74, 6) is 1.01. The Morgan fingerprint density at radius 1 is 1.39 bits per heavy atom.